The molecule has 1 saturated heterocycles. The minimum atomic E-state index is -0.876. The predicted octanol–water partition coefficient (Wildman–Crippen LogP) is 3.77. The third-order valence-corrected chi connectivity index (χ3v) is 10.9. The summed E-state index contributed by atoms with van der Waals surface area (Å²) in [6, 6.07) is 9.86. The quantitative estimate of drug-likeness (QED) is 0.113. The van der Waals surface area contributed by atoms with E-state index in [9.17, 15) is 29.5 Å². The van der Waals surface area contributed by atoms with Gasteiger partial charge in [-0.05, 0) is 49.1 Å². The average molecular weight is 797 g/mol. The molecular weight excluding hydrogens is 740 g/mol. The van der Waals surface area contributed by atoms with Crippen molar-refractivity contribution in [3.8, 4) is 11.8 Å². The lowest BCUT2D eigenvalue weighted by Crippen LogP contribution is -2.70. The molecule has 0 bridgehead atoms. The second-order valence-electron chi connectivity index (χ2n) is 17.0. The maximum absolute atomic E-state index is 13.2. The molecule has 1 aliphatic carbocycles. The number of nitrogens with one attached hydrogen (secondary N) is 2. The number of ether oxygens (including phenoxy) is 3. The Morgan fingerprint density at radius 1 is 1.07 bits per heavy atom. The van der Waals surface area contributed by atoms with Crippen LogP contribution in [0.4, 0.5) is 0 Å². The highest BCUT2D eigenvalue weighted by Gasteiger charge is 2.66. The fourth-order valence-corrected chi connectivity index (χ4v) is 8.00. The number of aromatic nitrogens is 1. The number of carbonyl (C=O) groups excluding carboxylic acids is 4. The number of halogens is 1. The Hall–Kier alpha value is -4.29. The number of pyridine rings is 1. The van der Waals surface area contributed by atoms with Gasteiger partial charge in [0, 0.05) is 67.9 Å². The van der Waals surface area contributed by atoms with Crippen LogP contribution in [0.5, 0.6) is 5.75 Å². The molecule has 1 saturated carbocycles. The molecule has 0 unspecified atom stereocenters. The van der Waals surface area contributed by atoms with E-state index >= 15 is 0 Å². The topological polar surface area (TPSA) is 183 Å². The maximum atomic E-state index is 13.2. The van der Waals surface area contributed by atoms with E-state index in [1.807, 2.05) is 60.6 Å². The molecule has 2 amide bonds. The lowest BCUT2D eigenvalue weighted by Gasteiger charge is -2.61. The minimum absolute atomic E-state index is 0.0165. The summed E-state index contributed by atoms with van der Waals surface area (Å²) in [5, 5.41) is 25.1. The number of aliphatic hydroxyl groups excluding tert-OH is 1. The van der Waals surface area contributed by atoms with Gasteiger partial charge in [-0.3, -0.25) is 24.3 Å². The van der Waals surface area contributed by atoms with Gasteiger partial charge in [-0.1, -0.05) is 60.1 Å². The van der Waals surface area contributed by atoms with Gasteiger partial charge in [-0.15, -0.1) is 0 Å². The highest BCUT2D eigenvalue weighted by Crippen LogP contribution is 2.57. The first kappa shape index (κ1) is 44.4. The van der Waals surface area contributed by atoms with E-state index in [2.05, 4.69) is 30.2 Å². The average Bonchev–Trinajstić information content (AvgIpc) is 3.14. The lowest BCUT2D eigenvalue weighted by molar-refractivity contribution is -0.236. The second kappa shape index (κ2) is 19.2. The zero-order valence-corrected chi connectivity index (χ0v) is 34.4. The molecule has 1 aliphatic heterocycles. The summed E-state index contributed by atoms with van der Waals surface area (Å²) in [5.74, 6) is -0.507. The molecule has 1 aromatic heterocycles. The van der Waals surface area contributed by atoms with Crippen LogP contribution in [0.1, 0.15) is 82.9 Å². The van der Waals surface area contributed by atoms with E-state index < -0.39 is 40.5 Å². The summed E-state index contributed by atoms with van der Waals surface area (Å²) in [6.07, 6.45) is 1.85. The lowest BCUT2D eigenvalue weighted by atomic mass is 9.51. The first-order valence-electron chi connectivity index (χ1n) is 19.1. The molecule has 2 heterocycles. The first-order valence-corrected chi connectivity index (χ1v) is 19.5. The zero-order chi connectivity index (χ0) is 41.3. The Balaban J connectivity index is 1.16. The molecule has 1 aromatic carbocycles. The van der Waals surface area contributed by atoms with Crippen molar-refractivity contribution >= 4 is 35.9 Å². The van der Waals surface area contributed by atoms with E-state index in [0.717, 1.165) is 51.3 Å². The molecule has 3 N–H and O–H groups in total. The van der Waals surface area contributed by atoms with Gasteiger partial charge in [0.1, 0.15) is 30.1 Å². The Bertz CT molecular complexity index is 1700. The van der Waals surface area contributed by atoms with Gasteiger partial charge in [0.2, 0.25) is 11.8 Å². The van der Waals surface area contributed by atoms with Crippen LogP contribution in [0.3, 0.4) is 0 Å². The number of hydrogen-bond donors (Lipinski definition) is 3. The van der Waals surface area contributed by atoms with Crippen LogP contribution in [0.2, 0.25) is 5.02 Å². The molecular formula is C41H57ClN6O8. The summed E-state index contributed by atoms with van der Waals surface area (Å²) in [7, 11) is 0. The molecule has 15 heteroatoms. The molecule has 2 fully saturated rings. The summed E-state index contributed by atoms with van der Waals surface area (Å²) in [6.45, 7) is 18.1. The van der Waals surface area contributed by atoms with E-state index in [1.165, 1.54) is 0 Å². The molecule has 306 valence electrons. The highest BCUT2D eigenvalue weighted by molar-refractivity contribution is 6.31. The van der Waals surface area contributed by atoms with Gasteiger partial charge >= 0.3 is 5.97 Å². The van der Waals surface area contributed by atoms with Crippen molar-refractivity contribution < 1.29 is 38.5 Å². The van der Waals surface area contributed by atoms with Crippen LogP contribution in [0.25, 0.3) is 0 Å². The van der Waals surface area contributed by atoms with Gasteiger partial charge in [-0.25, -0.2) is 4.79 Å². The molecule has 56 heavy (non-hydrogen) atoms. The molecule has 2 atom stereocenters. The Morgan fingerprint density at radius 3 is 2.34 bits per heavy atom. The molecule has 14 nitrogen and oxygen atoms in total. The van der Waals surface area contributed by atoms with Crippen LogP contribution >= 0.6 is 11.6 Å². The number of aliphatic hydroxyl groups is 1. The molecule has 4 rings (SSSR count). The first-order chi connectivity index (χ1) is 26.4. The normalized spacial score (nSPS) is 20.4. The van der Waals surface area contributed by atoms with Crippen molar-refractivity contribution in [2.24, 2.45) is 16.2 Å². The maximum Gasteiger partial charge on any atom is 0.340 e. The smallest absolute Gasteiger partial charge is 0.340 e. The second-order valence-corrected chi connectivity index (χ2v) is 17.4. The Morgan fingerprint density at radius 2 is 1.75 bits per heavy atom. The van der Waals surface area contributed by atoms with E-state index in [4.69, 9.17) is 21.1 Å². The minimum Gasteiger partial charge on any atom is -0.489 e. The van der Waals surface area contributed by atoms with Crippen molar-refractivity contribution in [3.63, 3.8) is 0 Å². The molecule has 2 aromatic rings. The van der Waals surface area contributed by atoms with E-state index in [-0.39, 0.29) is 44.0 Å². The standard InChI is InChI=1S/C41H57ClN6O8/c1-39(2,3)34(35(52)45-24-30(50)14-20-54-26-49)46-33(51)25-48-18-16-47(17-19-48)15-8-9-29-12-10-28(23-44-29)36(53)56-38-40(4,5)37(41(38,6)7)55-31-13-11-27(22-43)32(42)21-31/h10-13,21,23,26,30,34,37-38,50H,8-9,14-20,24-25H2,1-7H3,(H,45,52)(H,46,51)/t30-,34-,37-,38-/m1/s1. The van der Waals surface area contributed by atoms with Gasteiger partial charge in [0.25, 0.3) is 6.47 Å². The van der Waals surface area contributed by atoms with Crippen LogP contribution in [0, 0.1) is 27.6 Å². The zero-order valence-electron chi connectivity index (χ0n) is 33.6. The number of aryl methyl sites for hydroxylation is 1. The van der Waals surface area contributed by atoms with Gasteiger partial charge in [0.15, 0.2) is 0 Å². The van der Waals surface area contributed by atoms with Crippen LogP contribution in [-0.4, -0.2) is 121 Å². The number of carbonyl (C=O) groups is 4. The molecule has 0 spiro atoms. The number of hydrogen-bond acceptors (Lipinski definition) is 12. The Labute approximate surface area is 335 Å². The highest BCUT2D eigenvalue weighted by atomic mass is 35.5. The molecule has 2 aliphatic rings. The third-order valence-electron chi connectivity index (χ3n) is 10.6. The van der Waals surface area contributed by atoms with Crippen molar-refractivity contribution in [2.45, 2.75) is 92.1 Å². The number of piperazine rings is 1. The van der Waals surface area contributed by atoms with Gasteiger partial charge in [0.05, 0.1) is 35.4 Å². The number of rotatable bonds is 18. The fraction of sp³-hybridized carbons (Fsp3) is 0.610. The Kier molecular flexibility index (Phi) is 15.3. The third kappa shape index (κ3) is 11.6. The summed E-state index contributed by atoms with van der Waals surface area (Å²) >= 11 is 6.21. The number of esters is 1. The van der Waals surface area contributed by atoms with Crippen molar-refractivity contribution in [2.75, 3.05) is 52.4 Å². The van der Waals surface area contributed by atoms with Crippen LogP contribution < -0.4 is 15.4 Å². The van der Waals surface area contributed by atoms with Crippen LogP contribution in [-0.2, 0) is 30.3 Å². The predicted molar refractivity (Wildman–Crippen MR) is 210 cm³/mol. The number of nitriles is 1. The summed E-state index contributed by atoms with van der Waals surface area (Å²) < 4.78 is 16.9. The molecule has 0 radical (unpaired) electrons. The van der Waals surface area contributed by atoms with Crippen molar-refractivity contribution in [1.82, 2.24) is 25.4 Å². The van der Waals surface area contributed by atoms with Crippen molar-refractivity contribution in [1.29, 1.82) is 5.26 Å². The van der Waals surface area contributed by atoms with Gasteiger partial charge < -0.3 is 34.9 Å². The SMILES string of the molecule is CC(C)(C)[C@H](NC(=O)CN1CCN(CCCc2ccc(C(=O)O[C@H]3C(C)(C)[C@H](Oc4ccc(C#N)c(Cl)c4)C3(C)C)cn2)CC1)C(=O)NC[C@H](O)CCOC=O. The van der Waals surface area contributed by atoms with E-state index in [1.54, 1.807) is 30.5 Å². The van der Waals surface area contributed by atoms with Crippen molar-refractivity contribution in [3.05, 3.63) is 58.4 Å². The number of benzene rings is 1. The van der Waals surface area contributed by atoms with E-state index in [0.29, 0.717) is 28.4 Å². The number of amides is 2. The largest absolute Gasteiger partial charge is 0.489 e. The fourth-order valence-electron chi connectivity index (χ4n) is 7.78. The van der Waals surface area contributed by atoms with Gasteiger partial charge in [-0.2, -0.15) is 5.26 Å². The summed E-state index contributed by atoms with van der Waals surface area (Å²) in [5.41, 5.74) is 0.117. The van der Waals surface area contributed by atoms with Crippen LogP contribution in [0.15, 0.2) is 36.5 Å². The monoisotopic (exact) mass is 796 g/mol. The summed E-state index contributed by atoms with van der Waals surface area (Å²) in [4.78, 5) is 58.4. The number of nitrogens with zero attached hydrogens (tertiary/aromatic N) is 4.